The zero-order valence-electron chi connectivity index (χ0n) is 16.6. The van der Waals surface area contributed by atoms with Crippen molar-refractivity contribution in [2.75, 3.05) is 20.3 Å². The molecule has 0 aliphatic carbocycles. The Hall–Kier alpha value is -3.52. The summed E-state index contributed by atoms with van der Waals surface area (Å²) < 4.78 is 24.3. The van der Waals surface area contributed by atoms with Gasteiger partial charge >= 0.3 is 6.03 Å². The Labute approximate surface area is 173 Å². The molecule has 1 aliphatic rings. The minimum atomic E-state index is -0.460. The molecule has 0 spiro atoms. The molecule has 2 amide bonds. The fourth-order valence-electron chi connectivity index (χ4n) is 3.48. The van der Waals surface area contributed by atoms with E-state index >= 15 is 0 Å². The van der Waals surface area contributed by atoms with Crippen LogP contribution in [0.3, 0.4) is 0 Å². The molecule has 1 aliphatic heterocycles. The van der Waals surface area contributed by atoms with Crippen LogP contribution in [0.2, 0.25) is 0 Å². The van der Waals surface area contributed by atoms with Crippen LogP contribution >= 0.6 is 0 Å². The number of urea groups is 1. The fraction of sp³-hybridized carbons (Fsp3) is 0.227. The monoisotopic (exact) mass is 408 g/mol. The maximum atomic E-state index is 13.6. The maximum Gasteiger partial charge on any atom is 0.322 e. The van der Waals surface area contributed by atoms with E-state index in [0.717, 1.165) is 5.56 Å². The van der Waals surface area contributed by atoms with Crippen LogP contribution in [0, 0.1) is 5.82 Å². The summed E-state index contributed by atoms with van der Waals surface area (Å²) in [6.45, 7) is 2.60. The molecule has 4 rings (SSSR count). The number of benzene rings is 2. The minimum absolute atomic E-state index is 0.230. The van der Waals surface area contributed by atoms with Crippen molar-refractivity contribution < 1.29 is 18.4 Å². The van der Waals surface area contributed by atoms with Crippen molar-refractivity contribution in [1.82, 2.24) is 20.4 Å². The van der Waals surface area contributed by atoms with Gasteiger partial charge in [-0.3, -0.25) is 4.90 Å². The van der Waals surface area contributed by atoms with Crippen LogP contribution < -0.4 is 5.32 Å². The highest BCUT2D eigenvalue weighted by Gasteiger charge is 2.35. The number of ether oxygens (including phenoxy) is 1. The quantitative estimate of drug-likeness (QED) is 0.666. The molecule has 1 atom stereocenters. The molecule has 2 aromatic carbocycles. The molecule has 0 fully saturated rings. The first kappa shape index (κ1) is 19.8. The largest absolute Gasteiger partial charge is 0.383 e. The first-order chi connectivity index (χ1) is 14.6. The average molecular weight is 408 g/mol. The van der Waals surface area contributed by atoms with E-state index in [1.165, 1.54) is 12.1 Å². The number of amides is 2. The third-order valence-electron chi connectivity index (χ3n) is 4.99. The normalized spacial score (nSPS) is 16.7. The SMILES string of the molecule is COCCN1C(=O)NC(c2ccccc2)C(c2nc(-c3cccc(F)c3)no2)=C1C. The van der Waals surface area contributed by atoms with Crippen LogP contribution in [-0.2, 0) is 4.74 Å². The molecule has 0 radical (unpaired) electrons. The second kappa shape index (κ2) is 8.46. The number of carbonyl (C=O) groups excluding carboxylic acids is 1. The molecule has 1 aromatic heterocycles. The van der Waals surface area contributed by atoms with Gasteiger partial charge in [0.2, 0.25) is 5.82 Å². The number of allylic oxidation sites excluding steroid dienone is 1. The van der Waals surface area contributed by atoms with Gasteiger partial charge in [0.1, 0.15) is 5.82 Å². The van der Waals surface area contributed by atoms with Gasteiger partial charge < -0.3 is 14.6 Å². The first-order valence-electron chi connectivity index (χ1n) is 9.51. The van der Waals surface area contributed by atoms with Crippen LogP contribution in [-0.4, -0.2) is 41.3 Å². The molecule has 154 valence electrons. The van der Waals surface area contributed by atoms with Crippen molar-refractivity contribution in [3.63, 3.8) is 0 Å². The first-order valence-corrected chi connectivity index (χ1v) is 9.51. The molecule has 7 nitrogen and oxygen atoms in total. The Bertz CT molecular complexity index is 1080. The topological polar surface area (TPSA) is 80.5 Å². The number of nitrogens with zero attached hydrogens (tertiary/aromatic N) is 3. The molecule has 1 unspecified atom stereocenters. The van der Waals surface area contributed by atoms with Gasteiger partial charge in [-0.2, -0.15) is 4.98 Å². The van der Waals surface area contributed by atoms with Crippen molar-refractivity contribution >= 4 is 11.6 Å². The molecule has 30 heavy (non-hydrogen) atoms. The molecule has 0 saturated carbocycles. The Balaban J connectivity index is 1.79. The summed E-state index contributed by atoms with van der Waals surface area (Å²) >= 11 is 0. The Morgan fingerprint density at radius 2 is 2.00 bits per heavy atom. The van der Waals surface area contributed by atoms with E-state index < -0.39 is 6.04 Å². The zero-order chi connectivity index (χ0) is 21.1. The van der Waals surface area contributed by atoms with E-state index in [1.807, 2.05) is 37.3 Å². The third kappa shape index (κ3) is 3.81. The van der Waals surface area contributed by atoms with E-state index in [4.69, 9.17) is 9.26 Å². The van der Waals surface area contributed by atoms with E-state index in [0.29, 0.717) is 30.0 Å². The van der Waals surface area contributed by atoms with Crippen molar-refractivity contribution in [3.8, 4) is 11.4 Å². The fourth-order valence-corrected chi connectivity index (χ4v) is 3.48. The van der Waals surface area contributed by atoms with Gasteiger partial charge in [-0.1, -0.05) is 47.6 Å². The van der Waals surface area contributed by atoms with Gasteiger partial charge in [0.25, 0.3) is 5.89 Å². The van der Waals surface area contributed by atoms with Crippen molar-refractivity contribution in [1.29, 1.82) is 0 Å². The lowest BCUT2D eigenvalue weighted by Crippen LogP contribution is -2.47. The average Bonchev–Trinajstić information content (AvgIpc) is 3.23. The van der Waals surface area contributed by atoms with E-state index in [2.05, 4.69) is 15.5 Å². The number of hydrogen-bond donors (Lipinski definition) is 1. The molecule has 0 saturated heterocycles. The summed E-state index contributed by atoms with van der Waals surface area (Å²) in [7, 11) is 1.58. The number of rotatable bonds is 6. The second-order valence-corrected chi connectivity index (χ2v) is 6.87. The summed E-state index contributed by atoms with van der Waals surface area (Å²) in [4.78, 5) is 18.8. The van der Waals surface area contributed by atoms with Gasteiger partial charge in [0.05, 0.1) is 24.8 Å². The minimum Gasteiger partial charge on any atom is -0.383 e. The summed E-state index contributed by atoms with van der Waals surface area (Å²) in [5, 5.41) is 7.04. The molecule has 3 aromatic rings. The summed E-state index contributed by atoms with van der Waals surface area (Å²) in [5.41, 5.74) is 2.78. The lowest BCUT2D eigenvalue weighted by molar-refractivity contribution is 0.158. The van der Waals surface area contributed by atoms with E-state index in [1.54, 1.807) is 24.1 Å². The molecule has 0 bridgehead atoms. The highest BCUT2D eigenvalue weighted by atomic mass is 19.1. The Kier molecular flexibility index (Phi) is 5.58. The van der Waals surface area contributed by atoms with Crippen LogP contribution in [0.4, 0.5) is 9.18 Å². The zero-order valence-corrected chi connectivity index (χ0v) is 16.6. The molecule has 8 heteroatoms. The molecule has 2 heterocycles. The third-order valence-corrected chi connectivity index (χ3v) is 4.99. The van der Waals surface area contributed by atoms with Crippen LogP contribution in [0.5, 0.6) is 0 Å². The molecular formula is C22H21FN4O3. The highest BCUT2D eigenvalue weighted by molar-refractivity contribution is 5.86. The van der Waals surface area contributed by atoms with Gasteiger partial charge in [0.15, 0.2) is 0 Å². The second-order valence-electron chi connectivity index (χ2n) is 6.87. The maximum absolute atomic E-state index is 13.6. The summed E-state index contributed by atoms with van der Waals surface area (Å²) in [6.07, 6.45) is 0. The predicted molar refractivity (Wildman–Crippen MR) is 109 cm³/mol. The lowest BCUT2D eigenvalue weighted by atomic mass is 9.95. The van der Waals surface area contributed by atoms with Gasteiger partial charge in [-0.05, 0) is 24.6 Å². The van der Waals surface area contributed by atoms with Gasteiger partial charge in [0, 0.05) is 18.4 Å². The number of nitrogens with one attached hydrogen (secondary N) is 1. The predicted octanol–water partition coefficient (Wildman–Crippen LogP) is 4.02. The molecular weight excluding hydrogens is 387 g/mol. The number of halogens is 1. The smallest absolute Gasteiger partial charge is 0.322 e. The number of methoxy groups -OCH3 is 1. The van der Waals surface area contributed by atoms with E-state index in [-0.39, 0.29) is 23.6 Å². The van der Waals surface area contributed by atoms with Crippen molar-refractivity contribution in [2.24, 2.45) is 0 Å². The Morgan fingerprint density at radius 3 is 2.73 bits per heavy atom. The van der Waals surface area contributed by atoms with Crippen LogP contribution in [0.15, 0.2) is 64.8 Å². The standard InChI is InChI=1S/C22H21FN4O3/c1-14-18(21-25-20(26-30-21)16-9-6-10-17(23)13-16)19(15-7-4-3-5-8-15)24-22(28)27(14)11-12-29-2/h3-10,13,19H,11-12H2,1-2H3,(H,24,28). The van der Waals surface area contributed by atoms with Crippen LogP contribution in [0.25, 0.3) is 17.0 Å². The summed E-state index contributed by atoms with van der Waals surface area (Å²) in [5.74, 6) is 0.159. The lowest BCUT2D eigenvalue weighted by Gasteiger charge is -2.35. The van der Waals surface area contributed by atoms with E-state index in [9.17, 15) is 9.18 Å². The highest BCUT2D eigenvalue weighted by Crippen LogP contribution is 2.37. The van der Waals surface area contributed by atoms with Gasteiger partial charge in [-0.15, -0.1) is 0 Å². The Morgan fingerprint density at radius 1 is 1.20 bits per heavy atom. The molecule has 1 N–H and O–H groups in total. The number of aromatic nitrogens is 2. The van der Waals surface area contributed by atoms with Crippen molar-refractivity contribution in [3.05, 3.63) is 77.6 Å². The number of carbonyl (C=O) groups is 1. The van der Waals surface area contributed by atoms with Crippen LogP contribution in [0.1, 0.15) is 24.4 Å². The number of hydrogen-bond acceptors (Lipinski definition) is 5. The summed E-state index contributed by atoms with van der Waals surface area (Å²) in [6, 6.07) is 14.9. The van der Waals surface area contributed by atoms with Gasteiger partial charge in [-0.25, -0.2) is 9.18 Å². The van der Waals surface area contributed by atoms with Crippen molar-refractivity contribution in [2.45, 2.75) is 13.0 Å².